The fraction of sp³-hybridized carbons (Fsp3) is 0.0769. The predicted molar refractivity (Wildman–Crippen MR) is 409 cm³/mol. The van der Waals surface area contributed by atoms with E-state index in [1.165, 1.54) is 218 Å². The van der Waals surface area contributed by atoms with Gasteiger partial charge in [-0.25, -0.2) is 0 Å². The monoisotopic (exact) mass is 1530 g/mol. The van der Waals surface area contributed by atoms with Crippen LogP contribution in [0.4, 0.5) is 102 Å². The van der Waals surface area contributed by atoms with Gasteiger partial charge in [-0.05, 0) is 146 Å². The molecule has 0 heterocycles. The van der Waals surface area contributed by atoms with Crippen LogP contribution in [0, 0.1) is 60.7 Å². The normalized spacial score (nSPS) is 12.4. The first-order valence-corrected chi connectivity index (χ1v) is 33.9. The number of rotatable bonds is 18. The zero-order valence-electron chi connectivity index (χ0n) is 58.7. The van der Waals surface area contributed by atoms with Crippen LogP contribution in [-0.4, -0.2) is 60.2 Å². The van der Waals surface area contributed by atoms with Gasteiger partial charge in [-0.3, -0.25) is 60.7 Å². The Morgan fingerprint density at radius 3 is 0.368 bits per heavy atom. The highest BCUT2D eigenvalue weighted by Crippen LogP contribution is 2.46. The second-order valence-corrected chi connectivity index (χ2v) is 25.6. The van der Waals surface area contributed by atoms with Gasteiger partial charge in [-0.2, -0.15) is 61.4 Å². The molecule has 0 amide bonds. The number of nitro groups is 6. The van der Waals surface area contributed by atoms with Gasteiger partial charge in [-0.15, -0.1) is 0 Å². The second-order valence-electron chi connectivity index (χ2n) is 25.6. The summed E-state index contributed by atoms with van der Waals surface area (Å²) in [4.78, 5) is 66.2. The molecular formula is C78H54N18O18. The molecule has 0 aliphatic heterocycles. The van der Waals surface area contributed by atoms with Crippen molar-refractivity contribution < 1.29 is 60.2 Å². The lowest BCUT2D eigenvalue weighted by Gasteiger charge is -2.18. The first-order valence-electron chi connectivity index (χ1n) is 33.9. The lowest BCUT2D eigenvalue weighted by molar-refractivity contribution is -0.385. The van der Waals surface area contributed by atoms with Crippen molar-refractivity contribution in [2.24, 2.45) is 61.4 Å². The summed E-state index contributed by atoms with van der Waals surface area (Å²) in [6.07, 6.45) is -2.33. The highest BCUT2D eigenvalue weighted by molar-refractivity contribution is 5.67. The van der Waals surface area contributed by atoms with Gasteiger partial charge in [0.25, 0.3) is 34.1 Å². The minimum Gasteiger partial charge on any atom is -0.507 e. The molecule has 0 radical (unpaired) electrons. The summed E-state index contributed by atoms with van der Waals surface area (Å²) < 4.78 is 0. The number of nitro benzene ring substituents is 6. The molecular weight excluding hydrogens is 1480 g/mol. The average Bonchev–Trinajstić information content (AvgIpc) is 0.785. The Kier molecular flexibility index (Phi) is 21.8. The number of benzene rings is 12. The van der Waals surface area contributed by atoms with Crippen molar-refractivity contribution in [2.45, 2.75) is 38.5 Å². The highest BCUT2D eigenvalue weighted by atomic mass is 16.6. The van der Waals surface area contributed by atoms with Crippen molar-refractivity contribution in [3.05, 3.63) is 346 Å². The molecule has 12 aromatic carbocycles. The first-order chi connectivity index (χ1) is 54.8. The zero-order chi connectivity index (χ0) is 80.4. The Bertz CT molecular complexity index is 4970. The fourth-order valence-electron chi connectivity index (χ4n) is 12.2. The number of hydrogen-bond donors (Lipinski definition) is 6. The van der Waals surface area contributed by atoms with E-state index in [2.05, 4.69) is 61.4 Å². The third-order valence-corrected chi connectivity index (χ3v) is 17.8. The molecule has 36 heteroatoms. The van der Waals surface area contributed by atoms with Crippen molar-refractivity contribution >= 4 is 102 Å². The summed E-state index contributed by atoms with van der Waals surface area (Å²) in [6.45, 7) is 0. The number of aromatic hydroxyl groups is 6. The maximum Gasteiger partial charge on any atom is 0.269 e. The van der Waals surface area contributed by atoms with Crippen molar-refractivity contribution in [3.8, 4) is 34.5 Å². The largest absolute Gasteiger partial charge is 0.507 e. The molecule has 0 spiro atoms. The van der Waals surface area contributed by atoms with Crippen molar-refractivity contribution in [1.82, 2.24) is 0 Å². The van der Waals surface area contributed by atoms with E-state index >= 15 is 0 Å². The molecule has 12 bridgehead atoms. The molecule has 564 valence electrons. The van der Waals surface area contributed by atoms with E-state index < -0.39 is 64.0 Å². The van der Waals surface area contributed by atoms with E-state index in [-0.39, 0.29) is 208 Å². The Labute approximate surface area is 640 Å². The molecule has 36 nitrogen and oxygen atoms in total. The molecule has 12 aromatic rings. The van der Waals surface area contributed by atoms with Crippen molar-refractivity contribution in [3.63, 3.8) is 0 Å². The molecule has 0 atom stereocenters. The van der Waals surface area contributed by atoms with Gasteiger partial charge >= 0.3 is 0 Å². The maximum absolute atomic E-state index is 12.8. The number of non-ortho nitro benzene ring substituents is 6. The number of fused-ring (bicyclic) bond motifs is 12. The molecule has 0 fully saturated rings. The van der Waals surface area contributed by atoms with Gasteiger partial charge in [0.2, 0.25) is 0 Å². The van der Waals surface area contributed by atoms with Gasteiger partial charge in [-0.1, -0.05) is 0 Å². The number of phenolic OH excluding ortho intramolecular Hbond substituents is 6. The number of nitrogens with zero attached hydrogens (tertiary/aromatic N) is 18. The van der Waals surface area contributed by atoms with E-state index in [4.69, 9.17) is 0 Å². The van der Waals surface area contributed by atoms with Gasteiger partial charge in [0, 0.05) is 178 Å². The lowest BCUT2D eigenvalue weighted by Crippen LogP contribution is -2.01. The van der Waals surface area contributed by atoms with Crippen LogP contribution in [0.2, 0.25) is 0 Å². The molecule has 0 saturated carbocycles. The van der Waals surface area contributed by atoms with Crippen LogP contribution in [0.1, 0.15) is 66.8 Å². The van der Waals surface area contributed by atoms with Crippen LogP contribution in [0.5, 0.6) is 34.5 Å². The quantitative estimate of drug-likeness (QED) is 0.0264. The first kappa shape index (κ1) is 75.7. The van der Waals surface area contributed by atoms with Crippen LogP contribution in [0.15, 0.2) is 280 Å². The van der Waals surface area contributed by atoms with Crippen LogP contribution >= 0.6 is 0 Å². The van der Waals surface area contributed by atoms with E-state index in [0.717, 1.165) is 0 Å². The Hall–Kier alpha value is -16.6. The summed E-state index contributed by atoms with van der Waals surface area (Å²) in [6, 6.07) is 47.8. The van der Waals surface area contributed by atoms with Crippen LogP contribution in [0.3, 0.4) is 0 Å². The summed E-state index contributed by atoms with van der Waals surface area (Å²) in [5.74, 6) is -2.58. The average molecular weight is 1530 g/mol. The minimum absolute atomic E-state index is 0.0451. The molecule has 0 saturated heterocycles. The van der Waals surface area contributed by atoms with E-state index in [1.807, 2.05) is 0 Å². The smallest absolute Gasteiger partial charge is 0.269 e. The maximum atomic E-state index is 12.8. The number of azo groups is 6. The molecule has 1 aliphatic carbocycles. The lowest BCUT2D eigenvalue weighted by atomic mass is 9.90. The summed E-state index contributed by atoms with van der Waals surface area (Å²) >= 11 is 0. The molecule has 1 aliphatic rings. The third-order valence-electron chi connectivity index (χ3n) is 17.8. The zero-order valence-corrected chi connectivity index (χ0v) is 58.7. The Morgan fingerprint density at radius 1 is 0.175 bits per heavy atom. The van der Waals surface area contributed by atoms with Crippen molar-refractivity contribution in [1.29, 1.82) is 0 Å². The Balaban J connectivity index is 1.05. The minimum atomic E-state index is -0.601. The third kappa shape index (κ3) is 18.0. The summed E-state index contributed by atoms with van der Waals surface area (Å²) in [7, 11) is 0. The predicted octanol–water partition coefficient (Wildman–Crippen LogP) is 21.7. The SMILES string of the molecule is O=[N+]([O-])c1ccc(N=Nc2cc3c(O)c(c2)Cc2cc(N=Nc4ccc([N+](=O)[O-])cc4)cc(c2O)Cc2cc(N=Nc4ccc([N+](=O)[O-])cc4)cc(c2O)Cc2cc(N=Nc4ccc([N+](=O)[O-])cc4)cc(c2O)Cc2cc(N=Nc4ccc([N+](=O)[O-])cc4)cc(c2O)Cc2cc(N=Nc4ccc([N+](=O)[O-])cc4)cc(c2O)C3)cc1. The second kappa shape index (κ2) is 32.9. The van der Waals surface area contributed by atoms with Crippen LogP contribution in [-0.2, 0) is 38.5 Å². The molecule has 0 aromatic heterocycles. The summed E-state index contributed by atoms with van der Waals surface area (Å²) in [5, 5.41) is 200. The topological polar surface area (TPSA) is 529 Å². The number of hydrogen-bond acceptors (Lipinski definition) is 30. The van der Waals surface area contributed by atoms with E-state index in [1.54, 1.807) is 0 Å². The highest BCUT2D eigenvalue weighted by Gasteiger charge is 2.25. The molecule has 114 heavy (non-hydrogen) atoms. The molecule has 0 unspecified atom stereocenters. The standard InChI is InChI=1S/C78H54N18O18/c97-73-43-25-45-33-62(86-80-56-3-15-68(16-4-56)92(105)106)35-47(74(45)98)27-49-37-64(88-82-58-7-19-70(20-8-58)94(109)110)39-51(76(49)100)29-53-41-66(90-84-60-11-23-72(24-12-60)96(113)114)42-54(78(53)102)30-52-40-65(89-83-59-9-21-71(22-10-59)95(111)112)38-50(77(52)101)28-48-36-63(87-81-57-5-17-69(18-6-57)93(107)108)34-46(75(48)99)26-44(73)32-61(31-43)85-79-55-1-13-67(14-2-55)91(103)104/h1-24,31-42,97-102H,25-30H2. The van der Waals surface area contributed by atoms with E-state index in [9.17, 15) is 91.3 Å². The summed E-state index contributed by atoms with van der Waals surface area (Å²) in [5.41, 5.74) is 0.346. The van der Waals surface area contributed by atoms with Crippen LogP contribution in [0.25, 0.3) is 0 Å². The van der Waals surface area contributed by atoms with Gasteiger partial charge in [0.1, 0.15) is 34.5 Å². The van der Waals surface area contributed by atoms with E-state index in [0.29, 0.717) is 0 Å². The fourth-order valence-corrected chi connectivity index (χ4v) is 12.2. The molecule has 6 N–H and O–H groups in total. The van der Waals surface area contributed by atoms with Crippen molar-refractivity contribution in [2.75, 3.05) is 0 Å². The Morgan fingerprint density at radius 2 is 0.272 bits per heavy atom. The van der Waals surface area contributed by atoms with Gasteiger partial charge in [0.15, 0.2) is 0 Å². The molecule has 13 rings (SSSR count). The van der Waals surface area contributed by atoms with Crippen LogP contribution < -0.4 is 0 Å². The number of phenols is 6. The van der Waals surface area contributed by atoms with Gasteiger partial charge in [0.05, 0.1) is 97.8 Å². The van der Waals surface area contributed by atoms with Gasteiger partial charge < -0.3 is 30.6 Å².